The second kappa shape index (κ2) is 7.80. The predicted molar refractivity (Wildman–Crippen MR) is 58.4 cm³/mol. The molecule has 1 unspecified atom stereocenters. The molecule has 0 aliphatic heterocycles. The summed E-state index contributed by atoms with van der Waals surface area (Å²) in [6.07, 6.45) is 3.29. The average molecular weight is 201 g/mol. The van der Waals surface area contributed by atoms with Crippen molar-refractivity contribution < 1.29 is 9.90 Å². The predicted octanol–water partition coefficient (Wildman–Crippen LogP) is 2.22. The van der Waals surface area contributed by atoms with Gasteiger partial charge in [-0.05, 0) is 32.4 Å². The molecule has 1 N–H and O–H groups in total. The van der Waals surface area contributed by atoms with Crippen LogP contribution in [0.15, 0.2) is 0 Å². The summed E-state index contributed by atoms with van der Waals surface area (Å²) in [6.45, 7) is 6.57. The van der Waals surface area contributed by atoms with Gasteiger partial charge >= 0.3 is 5.97 Å². The van der Waals surface area contributed by atoms with Crippen molar-refractivity contribution in [2.24, 2.45) is 5.92 Å². The molecule has 3 heteroatoms. The number of hydrogen-bond donors (Lipinski definition) is 1. The van der Waals surface area contributed by atoms with Crippen LogP contribution in [0.2, 0.25) is 0 Å². The lowest BCUT2D eigenvalue weighted by Crippen LogP contribution is -2.25. The molecule has 84 valence electrons. The Morgan fingerprint density at radius 3 is 2.57 bits per heavy atom. The van der Waals surface area contributed by atoms with Gasteiger partial charge in [0.05, 0.1) is 0 Å². The minimum absolute atomic E-state index is 0.303. The van der Waals surface area contributed by atoms with Crippen LogP contribution in [0.25, 0.3) is 0 Å². The van der Waals surface area contributed by atoms with Gasteiger partial charge in [0.25, 0.3) is 0 Å². The van der Waals surface area contributed by atoms with Gasteiger partial charge < -0.3 is 10.0 Å². The van der Waals surface area contributed by atoms with Gasteiger partial charge in [-0.15, -0.1) is 0 Å². The van der Waals surface area contributed by atoms with Crippen LogP contribution >= 0.6 is 0 Å². The maximum Gasteiger partial charge on any atom is 0.303 e. The van der Waals surface area contributed by atoms with Crippen LogP contribution < -0.4 is 0 Å². The molecule has 0 aromatic rings. The lowest BCUT2D eigenvalue weighted by Gasteiger charge is -2.19. The van der Waals surface area contributed by atoms with Crippen LogP contribution in [-0.4, -0.2) is 36.1 Å². The molecule has 0 heterocycles. The van der Waals surface area contributed by atoms with Crippen LogP contribution in [0, 0.1) is 5.92 Å². The molecule has 0 amide bonds. The van der Waals surface area contributed by atoms with Crippen molar-refractivity contribution in [3.8, 4) is 0 Å². The first kappa shape index (κ1) is 13.4. The Morgan fingerprint density at radius 2 is 2.07 bits per heavy atom. The van der Waals surface area contributed by atoms with E-state index in [0.29, 0.717) is 6.42 Å². The summed E-state index contributed by atoms with van der Waals surface area (Å²) in [5.41, 5.74) is 0. The van der Waals surface area contributed by atoms with E-state index < -0.39 is 5.97 Å². The maximum atomic E-state index is 10.3. The molecule has 1 atom stereocenters. The van der Waals surface area contributed by atoms with E-state index in [1.54, 1.807) is 0 Å². The van der Waals surface area contributed by atoms with E-state index in [1.165, 1.54) is 6.42 Å². The summed E-state index contributed by atoms with van der Waals surface area (Å²) in [5.74, 6) is 0.0500. The van der Waals surface area contributed by atoms with Crippen molar-refractivity contribution in [2.75, 3.05) is 20.1 Å². The first-order chi connectivity index (χ1) is 6.56. The van der Waals surface area contributed by atoms with E-state index in [9.17, 15) is 4.79 Å². The average Bonchev–Trinajstić information content (AvgIpc) is 2.12. The summed E-state index contributed by atoms with van der Waals surface area (Å²) < 4.78 is 0. The summed E-state index contributed by atoms with van der Waals surface area (Å²) >= 11 is 0. The van der Waals surface area contributed by atoms with E-state index in [-0.39, 0.29) is 0 Å². The molecule has 0 rings (SSSR count). The molecule has 0 aromatic carbocycles. The Balaban J connectivity index is 3.35. The zero-order valence-corrected chi connectivity index (χ0v) is 9.62. The molecule has 0 bridgehead atoms. The van der Waals surface area contributed by atoms with Crippen LogP contribution in [0.3, 0.4) is 0 Å². The molecule has 0 aliphatic rings. The van der Waals surface area contributed by atoms with Gasteiger partial charge in [-0.25, -0.2) is 0 Å². The van der Waals surface area contributed by atoms with Crippen LogP contribution in [0.5, 0.6) is 0 Å². The highest BCUT2D eigenvalue weighted by Crippen LogP contribution is 2.04. The van der Waals surface area contributed by atoms with Crippen molar-refractivity contribution in [1.82, 2.24) is 4.90 Å². The van der Waals surface area contributed by atoms with Crippen molar-refractivity contribution in [3.05, 3.63) is 0 Å². The molecular weight excluding hydrogens is 178 g/mol. The normalized spacial score (nSPS) is 13.1. The number of carboxylic acid groups (broad SMARTS) is 1. The SMILES string of the molecule is CCC(C)CN(C)CCCCC(=O)O. The number of nitrogens with zero attached hydrogens (tertiary/aromatic N) is 1. The minimum Gasteiger partial charge on any atom is -0.481 e. The highest BCUT2D eigenvalue weighted by atomic mass is 16.4. The van der Waals surface area contributed by atoms with Crippen molar-refractivity contribution in [1.29, 1.82) is 0 Å². The van der Waals surface area contributed by atoms with E-state index in [4.69, 9.17) is 5.11 Å². The first-order valence-electron chi connectivity index (χ1n) is 5.46. The number of carboxylic acids is 1. The zero-order chi connectivity index (χ0) is 11.0. The second-order valence-electron chi connectivity index (χ2n) is 4.13. The second-order valence-corrected chi connectivity index (χ2v) is 4.13. The number of rotatable bonds is 8. The van der Waals surface area contributed by atoms with E-state index in [0.717, 1.165) is 31.8 Å². The molecular formula is C11H23NO2. The molecule has 0 spiro atoms. The molecule has 3 nitrogen and oxygen atoms in total. The molecule has 14 heavy (non-hydrogen) atoms. The number of aliphatic carboxylic acids is 1. The first-order valence-corrected chi connectivity index (χ1v) is 5.46. The molecule has 0 aromatic heterocycles. The van der Waals surface area contributed by atoms with Crippen LogP contribution in [0.4, 0.5) is 0 Å². The van der Waals surface area contributed by atoms with Crippen molar-refractivity contribution >= 4 is 5.97 Å². The van der Waals surface area contributed by atoms with Gasteiger partial charge in [-0.3, -0.25) is 4.79 Å². The highest BCUT2D eigenvalue weighted by Gasteiger charge is 2.04. The van der Waals surface area contributed by atoms with Crippen molar-refractivity contribution in [2.45, 2.75) is 39.5 Å². The molecule has 0 saturated carbocycles. The van der Waals surface area contributed by atoms with Gasteiger partial charge in [0.1, 0.15) is 0 Å². The number of carbonyl (C=O) groups is 1. The Kier molecular flexibility index (Phi) is 7.48. The largest absolute Gasteiger partial charge is 0.481 e. The van der Waals surface area contributed by atoms with Crippen LogP contribution in [-0.2, 0) is 4.79 Å². The fourth-order valence-corrected chi connectivity index (χ4v) is 1.41. The summed E-state index contributed by atoms with van der Waals surface area (Å²) in [4.78, 5) is 12.5. The maximum absolute atomic E-state index is 10.3. The van der Waals surface area contributed by atoms with Crippen LogP contribution in [0.1, 0.15) is 39.5 Å². The van der Waals surface area contributed by atoms with E-state index >= 15 is 0 Å². The zero-order valence-electron chi connectivity index (χ0n) is 9.62. The third-order valence-electron chi connectivity index (χ3n) is 2.50. The topological polar surface area (TPSA) is 40.5 Å². The molecule has 0 aliphatic carbocycles. The lowest BCUT2D eigenvalue weighted by atomic mass is 10.1. The standard InChI is InChI=1S/C11H23NO2/c1-4-10(2)9-12(3)8-6-5-7-11(13)14/h10H,4-9H2,1-3H3,(H,13,14). The molecule has 0 fully saturated rings. The highest BCUT2D eigenvalue weighted by molar-refractivity contribution is 5.66. The summed E-state index contributed by atoms with van der Waals surface area (Å²) in [7, 11) is 2.10. The van der Waals surface area contributed by atoms with Gasteiger partial charge in [-0.2, -0.15) is 0 Å². The smallest absolute Gasteiger partial charge is 0.303 e. The van der Waals surface area contributed by atoms with E-state index in [1.807, 2.05) is 0 Å². The fraction of sp³-hybridized carbons (Fsp3) is 0.909. The molecule has 0 saturated heterocycles. The Hall–Kier alpha value is -0.570. The van der Waals surface area contributed by atoms with Gasteiger partial charge in [-0.1, -0.05) is 20.3 Å². The Labute approximate surface area is 87.1 Å². The van der Waals surface area contributed by atoms with Crippen molar-refractivity contribution in [3.63, 3.8) is 0 Å². The molecule has 0 radical (unpaired) electrons. The Morgan fingerprint density at radius 1 is 1.43 bits per heavy atom. The third-order valence-corrected chi connectivity index (χ3v) is 2.50. The summed E-state index contributed by atoms with van der Waals surface area (Å²) in [5, 5.41) is 8.45. The van der Waals surface area contributed by atoms with Gasteiger partial charge in [0.15, 0.2) is 0 Å². The van der Waals surface area contributed by atoms with Gasteiger partial charge in [0, 0.05) is 13.0 Å². The monoisotopic (exact) mass is 201 g/mol. The number of unbranched alkanes of at least 4 members (excludes halogenated alkanes) is 1. The third kappa shape index (κ3) is 8.05. The summed E-state index contributed by atoms with van der Waals surface area (Å²) in [6, 6.07) is 0. The lowest BCUT2D eigenvalue weighted by molar-refractivity contribution is -0.137. The number of hydrogen-bond acceptors (Lipinski definition) is 2. The van der Waals surface area contributed by atoms with Gasteiger partial charge in [0.2, 0.25) is 0 Å². The van der Waals surface area contributed by atoms with E-state index in [2.05, 4.69) is 25.8 Å². The quantitative estimate of drug-likeness (QED) is 0.612. The minimum atomic E-state index is -0.686. The fourth-order valence-electron chi connectivity index (χ4n) is 1.41. The Bertz CT molecular complexity index is 159.